The zero-order valence-corrected chi connectivity index (χ0v) is 14.5. The van der Waals surface area contributed by atoms with E-state index in [0.29, 0.717) is 29.4 Å². The molecule has 3 aromatic rings. The van der Waals surface area contributed by atoms with E-state index in [1.54, 1.807) is 25.3 Å². The molecule has 0 unspecified atom stereocenters. The molecule has 3 rings (SSSR count). The number of hydrogen-bond donors (Lipinski definition) is 1. The van der Waals surface area contributed by atoms with Gasteiger partial charge in [-0.3, -0.25) is 4.79 Å². The predicted molar refractivity (Wildman–Crippen MR) is 96.3 cm³/mol. The van der Waals surface area contributed by atoms with Crippen LogP contribution in [0.4, 0.5) is 0 Å². The maximum Gasteiger partial charge on any atom is 0.252 e. The van der Waals surface area contributed by atoms with Crippen LogP contribution >= 0.6 is 0 Å². The van der Waals surface area contributed by atoms with Crippen LogP contribution < -0.4 is 14.8 Å². The number of benzene rings is 2. The molecule has 0 radical (unpaired) electrons. The first-order chi connectivity index (χ1) is 12.1. The highest BCUT2D eigenvalue weighted by atomic mass is 16.5. The second-order valence-corrected chi connectivity index (χ2v) is 5.68. The summed E-state index contributed by atoms with van der Waals surface area (Å²) < 4.78 is 16.6. The van der Waals surface area contributed by atoms with E-state index in [0.717, 1.165) is 11.0 Å². The number of furan rings is 1. The fraction of sp³-hybridized carbons (Fsp3) is 0.250. The predicted octanol–water partition coefficient (Wildman–Crippen LogP) is 4.33. The van der Waals surface area contributed by atoms with Crippen molar-refractivity contribution in [2.45, 2.75) is 19.9 Å². The van der Waals surface area contributed by atoms with E-state index in [2.05, 4.69) is 5.32 Å². The number of methoxy groups -OCH3 is 1. The molecule has 0 saturated heterocycles. The third-order valence-corrected chi connectivity index (χ3v) is 3.94. The van der Waals surface area contributed by atoms with Crippen LogP contribution in [0.5, 0.6) is 11.5 Å². The van der Waals surface area contributed by atoms with Crippen molar-refractivity contribution in [2.24, 2.45) is 0 Å². The van der Waals surface area contributed by atoms with E-state index in [4.69, 9.17) is 13.9 Å². The Morgan fingerprint density at radius 3 is 2.68 bits per heavy atom. The highest BCUT2D eigenvalue weighted by Gasteiger charge is 2.17. The van der Waals surface area contributed by atoms with Gasteiger partial charge in [-0.1, -0.05) is 18.2 Å². The molecule has 1 N–H and O–H groups in total. The van der Waals surface area contributed by atoms with Crippen molar-refractivity contribution in [2.75, 3.05) is 13.7 Å². The molecule has 1 atom stereocenters. The zero-order valence-electron chi connectivity index (χ0n) is 14.5. The van der Waals surface area contributed by atoms with Crippen molar-refractivity contribution in [3.63, 3.8) is 0 Å². The lowest BCUT2D eigenvalue weighted by Gasteiger charge is -2.13. The molecule has 5 heteroatoms. The first-order valence-corrected chi connectivity index (χ1v) is 8.22. The number of carbonyl (C=O) groups is 1. The van der Waals surface area contributed by atoms with E-state index in [1.807, 2.05) is 44.2 Å². The molecule has 5 nitrogen and oxygen atoms in total. The summed E-state index contributed by atoms with van der Waals surface area (Å²) in [5.41, 5.74) is 1.31. The van der Waals surface area contributed by atoms with Crippen LogP contribution in [-0.2, 0) is 0 Å². The van der Waals surface area contributed by atoms with Crippen molar-refractivity contribution >= 4 is 16.9 Å². The Bertz CT molecular complexity index is 851. The summed E-state index contributed by atoms with van der Waals surface area (Å²) in [5.74, 6) is 1.67. The monoisotopic (exact) mass is 339 g/mol. The Morgan fingerprint density at radius 2 is 1.96 bits per heavy atom. The number of carbonyl (C=O) groups excluding carboxylic acids is 1. The lowest BCUT2D eigenvalue weighted by atomic mass is 10.1. The van der Waals surface area contributed by atoms with Crippen LogP contribution in [0.1, 0.15) is 36.0 Å². The van der Waals surface area contributed by atoms with E-state index < -0.39 is 0 Å². The first kappa shape index (κ1) is 16.9. The van der Waals surface area contributed by atoms with Crippen molar-refractivity contribution in [3.05, 3.63) is 59.9 Å². The number of rotatable bonds is 6. The van der Waals surface area contributed by atoms with Gasteiger partial charge in [-0.05, 0) is 44.2 Å². The molecule has 0 aliphatic heterocycles. The molecule has 0 fully saturated rings. The number of para-hydroxylation sites is 1. The zero-order chi connectivity index (χ0) is 17.8. The van der Waals surface area contributed by atoms with Gasteiger partial charge in [-0.2, -0.15) is 0 Å². The minimum atomic E-state index is -0.252. The van der Waals surface area contributed by atoms with Gasteiger partial charge in [-0.15, -0.1) is 0 Å². The molecule has 25 heavy (non-hydrogen) atoms. The number of amides is 1. The van der Waals surface area contributed by atoms with Gasteiger partial charge in [0, 0.05) is 10.9 Å². The van der Waals surface area contributed by atoms with Crippen LogP contribution in [-0.4, -0.2) is 19.6 Å². The van der Waals surface area contributed by atoms with Crippen LogP contribution in [0.3, 0.4) is 0 Å². The van der Waals surface area contributed by atoms with Crippen molar-refractivity contribution in [3.8, 4) is 11.5 Å². The third-order valence-electron chi connectivity index (χ3n) is 3.94. The highest BCUT2D eigenvalue weighted by Crippen LogP contribution is 2.29. The maximum absolute atomic E-state index is 12.5. The first-order valence-electron chi connectivity index (χ1n) is 8.22. The maximum atomic E-state index is 12.5. The van der Waals surface area contributed by atoms with Crippen LogP contribution in [0.15, 0.2) is 52.9 Å². The Balaban J connectivity index is 1.76. The molecular formula is C20H21NO4. The Morgan fingerprint density at radius 1 is 1.16 bits per heavy atom. The summed E-state index contributed by atoms with van der Waals surface area (Å²) in [7, 11) is 1.55. The second-order valence-electron chi connectivity index (χ2n) is 5.68. The number of ether oxygens (including phenoxy) is 2. The molecule has 0 aliphatic rings. The van der Waals surface area contributed by atoms with Gasteiger partial charge < -0.3 is 19.2 Å². The van der Waals surface area contributed by atoms with Crippen molar-refractivity contribution in [1.82, 2.24) is 5.32 Å². The SMILES string of the molecule is CCOc1ccc(C(=O)N[C@@H](C)c2cc3ccccc3o2)cc1OC. The summed E-state index contributed by atoms with van der Waals surface area (Å²) in [6, 6.07) is 14.6. The minimum Gasteiger partial charge on any atom is -0.493 e. The van der Waals surface area contributed by atoms with E-state index in [-0.39, 0.29) is 11.9 Å². The van der Waals surface area contributed by atoms with Crippen molar-refractivity contribution in [1.29, 1.82) is 0 Å². The minimum absolute atomic E-state index is 0.200. The molecule has 0 saturated carbocycles. The summed E-state index contributed by atoms with van der Waals surface area (Å²) in [4.78, 5) is 12.5. The van der Waals surface area contributed by atoms with Crippen molar-refractivity contribution < 1.29 is 18.7 Å². The topological polar surface area (TPSA) is 60.7 Å². The molecular weight excluding hydrogens is 318 g/mol. The van der Waals surface area contributed by atoms with E-state index >= 15 is 0 Å². The number of hydrogen-bond acceptors (Lipinski definition) is 4. The summed E-state index contributed by atoms with van der Waals surface area (Å²) in [6.45, 7) is 4.32. The van der Waals surface area contributed by atoms with Gasteiger partial charge in [0.2, 0.25) is 0 Å². The molecule has 2 aromatic carbocycles. The molecule has 130 valence electrons. The fourth-order valence-electron chi connectivity index (χ4n) is 2.65. The van der Waals surface area contributed by atoms with Crippen LogP contribution in [0.2, 0.25) is 0 Å². The normalized spacial score (nSPS) is 12.0. The molecule has 0 bridgehead atoms. The smallest absolute Gasteiger partial charge is 0.252 e. The average Bonchev–Trinajstić information content (AvgIpc) is 3.06. The van der Waals surface area contributed by atoms with Gasteiger partial charge in [0.1, 0.15) is 11.3 Å². The van der Waals surface area contributed by atoms with Gasteiger partial charge >= 0.3 is 0 Å². The highest BCUT2D eigenvalue weighted by molar-refractivity contribution is 5.95. The van der Waals surface area contributed by atoms with Gasteiger partial charge in [0.05, 0.1) is 19.8 Å². The second kappa shape index (κ2) is 7.30. The van der Waals surface area contributed by atoms with Gasteiger partial charge in [0.15, 0.2) is 11.5 Å². The Hall–Kier alpha value is -2.95. The van der Waals surface area contributed by atoms with Gasteiger partial charge in [0.25, 0.3) is 5.91 Å². The van der Waals surface area contributed by atoms with E-state index in [9.17, 15) is 4.79 Å². The van der Waals surface area contributed by atoms with E-state index in [1.165, 1.54) is 0 Å². The number of nitrogens with one attached hydrogen (secondary N) is 1. The molecule has 1 aromatic heterocycles. The lowest BCUT2D eigenvalue weighted by molar-refractivity contribution is 0.0935. The quantitative estimate of drug-likeness (QED) is 0.726. The largest absolute Gasteiger partial charge is 0.493 e. The Labute approximate surface area is 146 Å². The summed E-state index contributed by atoms with van der Waals surface area (Å²) in [5, 5.41) is 3.96. The van der Waals surface area contributed by atoms with Crippen LogP contribution in [0, 0.1) is 0 Å². The molecule has 0 spiro atoms. The number of fused-ring (bicyclic) bond motifs is 1. The summed E-state index contributed by atoms with van der Waals surface area (Å²) >= 11 is 0. The molecule has 0 aliphatic carbocycles. The lowest BCUT2D eigenvalue weighted by Crippen LogP contribution is -2.26. The fourth-order valence-corrected chi connectivity index (χ4v) is 2.65. The molecule has 1 amide bonds. The Kier molecular flexibility index (Phi) is 4.93. The molecule has 1 heterocycles. The standard InChI is InChI=1S/C20H21NO4/c1-4-24-17-10-9-15(12-19(17)23-3)20(22)21-13(2)18-11-14-7-5-6-8-16(14)25-18/h5-13H,4H2,1-3H3,(H,21,22)/t13-/m0/s1. The summed E-state index contributed by atoms with van der Waals surface area (Å²) in [6.07, 6.45) is 0. The van der Waals surface area contributed by atoms with Gasteiger partial charge in [-0.25, -0.2) is 0 Å². The van der Waals surface area contributed by atoms with Crippen LogP contribution in [0.25, 0.3) is 11.0 Å². The third kappa shape index (κ3) is 3.60. The average molecular weight is 339 g/mol.